The highest BCUT2D eigenvalue weighted by Gasteiger charge is 2.22. The molecule has 0 aromatic carbocycles. The summed E-state index contributed by atoms with van der Waals surface area (Å²) in [5.41, 5.74) is 0. The van der Waals surface area contributed by atoms with Crippen LogP contribution in [0.3, 0.4) is 0 Å². The van der Waals surface area contributed by atoms with Gasteiger partial charge in [-0.15, -0.1) is 24.0 Å². The number of halogens is 1. The van der Waals surface area contributed by atoms with Crippen LogP contribution < -0.4 is 16.0 Å². The van der Waals surface area contributed by atoms with Crippen LogP contribution in [0.4, 0.5) is 0 Å². The van der Waals surface area contributed by atoms with E-state index in [1.165, 1.54) is 12.8 Å². The maximum atomic E-state index is 11.5. The van der Waals surface area contributed by atoms with Crippen molar-refractivity contribution in [3.63, 3.8) is 0 Å². The van der Waals surface area contributed by atoms with Crippen molar-refractivity contribution in [1.29, 1.82) is 0 Å². The molecule has 3 N–H and O–H groups in total. The maximum Gasteiger partial charge on any atom is 0.233 e. The number of carbonyl (C=O) groups excluding carboxylic acids is 1. The standard InChI is InChI=1S/C19H38N6O2.HI/c1-20-18(26)15-25-10-6-17(7-11-25)23-19(21-2)22-14-16-4-8-24(9-5-16)12-13-27-3;/h16-17H,4-15H2,1-3H3,(H,20,26)(H2,21,22,23);1H. The third kappa shape index (κ3) is 9.23. The Labute approximate surface area is 187 Å². The lowest BCUT2D eigenvalue weighted by atomic mass is 9.97. The number of hydrogen-bond donors (Lipinski definition) is 3. The quantitative estimate of drug-likeness (QED) is 0.248. The monoisotopic (exact) mass is 510 g/mol. The predicted octanol–water partition coefficient (Wildman–Crippen LogP) is 0.338. The fourth-order valence-corrected chi connectivity index (χ4v) is 3.78. The lowest BCUT2D eigenvalue weighted by molar-refractivity contribution is -0.122. The maximum absolute atomic E-state index is 11.5. The normalized spacial score (nSPS) is 20.5. The van der Waals surface area contributed by atoms with Crippen LogP contribution in [-0.4, -0.2) is 101 Å². The van der Waals surface area contributed by atoms with Crippen LogP contribution in [0.2, 0.25) is 0 Å². The summed E-state index contributed by atoms with van der Waals surface area (Å²) in [4.78, 5) is 20.6. The summed E-state index contributed by atoms with van der Waals surface area (Å²) in [6, 6.07) is 0.424. The van der Waals surface area contributed by atoms with E-state index in [1.54, 1.807) is 14.2 Å². The molecule has 9 heteroatoms. The molecule has 2 fully saturated rings. The van der Waals surface area contributed by atoms with Crippen LogP contribution >= 0.6 is 24.0 Å². The minimum absolute atomic E-state index is 0. The van der Waals surface area contributed by atoms with Crippen molar-refractivity contribution in [1.82, 2.24) is 25.8 Å². The van der Waals surface area contributed by atoms with Crippen LogP contribution in [0.25, 0.3) is 0 Å². The number of guanidine groups is 1. The number of ether oxygens (including phenoxy) is 1. The minimum atomic E-state index is 0. The fraction of sp³-hybridized carbons (Fsp3) is 0.895. The van der Waals surface area contributed by atoms with Crippen molar-refractivity contribution in [2.24, 2.45) is 10.9 Å². The van der Waals surface area contributed by atoms with E-state index in [0.717, 1.165) is 64.7 Å². The van der Waals surface area contributed by atoms with Gasteiger partial charge in [0, 0.05) is 53.4 Å². The average molecular weight is 510 g/mol. The first-order chi connectivity index (χ1) is 13.1. The first kappa shape index (κ1) is 25.4. The Kier molecular flexibility index (Phi) is 13.0. The van der Waals surface area contributed by atoms with Gasteiger partial charge in [0.2, 0.25) is 5.91 Å². The van der Waals surface area contributed by atoms with Crippen molar-refractivity contribution < 1.29 is 9.53 Å². The van der Waals surface area contributed by atoms with Gasteiger partial charge in [-0.2, -0.15) is 0 Å². The largest absolute Gasteiger partial charge is 0.383 e. The number of carbonyl (C=O) groups is 1. The van der Waals surface area contributed by atoms with Crippen LogP contribution in [0.5, 0.6) is 0 Å². The topological polar surface area (TPSA) is 81.2 Å². The SMILES string of the molecule is CN=C(NCC1CCN(CCOC)CC1)NC1CCN(CC(=O)NC)CC1.I. The van der Waals surface area contributed by atoms with E-state index >= 15 is 0 Å². The Hall–Kier alpha value is -0.650. The smallest absolute Gasteiger partial charge is 0.233 e. The van der Waals surface area contributed by atoms with Gasteiger partial charge in [0.15, 0.2) is 5.96 Å². The molecule has 28 heavy (non-hydrogen) atoms. The molecular weight excluding hydrogens is 471 g/mol. The summed E-state index contributed by atoms with van der Waals surface area (Å²) in [5.74, 6) is 1.70. The van der Waals surface area contributed by atoms with E-state index in [0.29, 0.717) is 18.5 Å². The molecule has 2 heterocycles. The second kappa shape index (κ2) is 14.4. The summed E-state index contributed by atoms with van der Waals surface area (Å²) >= 11 is 0. The number of piperidine rings is 2. The van der Waals surface area contributed by atoms with E-state index in [-0.39, 0.29) is 29.9 Å². The second-order valence-corrected chi connectivity index (χ2v) is 7.60. The summed E-state index contributed by atoms with van der Waals surface area (Å²) in [7, 11) is 5.29. The third-order valence-corrected chi connectivity index (χ3v) is 5.68. The van der Waals surface area contributed by atoms with Gasteiger partial charge in [-0.3, -0.25) is 14.7 Å². The number of nitrogens with zero attached hydrogens (tertiary/aromatic N) is 3. The van der Waals surface area contributed by atoms with Gasteiger partial charge in [-0.1, -0.05) is 0 Å². The number of likely N-dealkylation sites (N-methyl/N-ethyl adjacent to an activating group) is 1. The zero-order valence-electron chi connectivity index (χ0n) is 17.7. The van der Waals surface area contributed by atoms with Gasteiger partial charge >= 0.3 is 0 Å². The number of amides is 1. The number of aliphatic imine (C=N–C) groups is 1. The van der Waals surface area contributed by atoms with Gasteiger partial charge < -0.3 is 25.6 Å². The molecule has 8 nitrogen and oxygen atoms in total. The van der Waals surface area contributed by atoms with Crippen molar-refractivity contribution >= 4 is 35.8 Å². The average Bonchev–Trinajstić information content (AvgIpc) is 2.71. The van der Waals surface area contributed by atoms with Crippen molar-refractivity contribution in [2.75, 3.05) is 73.6 Å². The molecule has 2 rings (SSSR count). The molecule has 1 amide bonds. The molecule has 0 aliphatic carbocycles. The number of nitrogens with one attached hydrogen (secondary N) is 3. The molecule has 0 bridgehead atoms. The molecule has 0 spiro atoms. The van der Waals surface area contributed by atoms with E-state index in [4.69, 9.17) is 4.74 Å². The van der Waals surface area contributed by atoms with Crippen molar-refractivity contribution in [3.05, 3.63) is 0 Å². The fourth-order valence-electron chi connectivity index (χ4n) is 3.78. The Morgan fingerprint density at radius 3 is 2.32 bits per heavy atom. The first-order valence-electron chi connectivity index (χ1n) is 10.3. The molecule has 164 valence electrons. The van der Waals surface area contributed by atoms with Gasteiger partial charge in [0.1, 0.15) is 0 Å². The van der Waals surface area contributed by atoms with Crippen molar-refractivity contribution in [3.8, 4) is 0 Å². The number of likely N-dealkylation sites (tertiary alicyclic amines) is 2. The van der Waals surface area contributed by atoms with Crippen LogP contribution in [0.1, 0.15) is 25.7 Å². The molecule has 0 aromatic heterocycles. The zero-order valence-corrected chi connectivity index (χ0v) is 20.0. The Morgan fingerprint density at radius 1 is 1.11 bits per heavy atom. The van der Waals surface area contributed by atoms with E-state index < -0.39 is 0 Å². The summed E-state index contributed by atoms with van der Waals surface area (Å²) in [6.45, 7) is 7.55. The summed E-state index contributed by atoms with van der Waals surface area (Å²) < 4.78 is 5.17. The zero-order chi connectivity index (χ0) is 19.5. The molecule has 0 atom stereocenters. The van der Waals surface area contributed by atoms with Crippen LogP contribution in [0, 0.1) is 5.92 Å². The molecule has 0 aromatic rings. The number of methoxy groups -OCH3 is 1. The highest BCUT2D eigenvalue weighted by molar-refractivity contribution is 14.0. The Balaban J connectivity index is 0.00000392. The molecule has 0 unspecified atom stereocenters. The molecule has 0 saturated carbocycles. The number of hydrogen-bond acceptors (Lipinski definition) is 5. The Bertz CT molecular complexity index is 463. The highest BCUT2D eigenvalue weighted by Crippen LogP contribution is 2.16. The molecule has 0 radical (unpaired) electrons. The van der Waals surface area contributed by atoms with Crippen LogP contribution in [0.15, 0.2) is 4.99 Å². The lowest BCUT2D eigenvalue weighted by Gasteiger charge is -2.34. The van der Waals surface area contributed by atoms with E-state index in [9.17, 15) is 4.79 Å². The van der Waals surface area contributed by atoms with E-state index in [1.807, 2.05) is 7.05 Å². The summed E-state index contributed by atoms with van der Waals surface area (Å²) in [6.07, 6.45) is 4.53. The lowest BCUT2D eigenvalue weighted by Crippen LogP contribution is -2.51. The molecule has 2 aliphatic heterocycles. The van der Waals surface area contributed by atoms with Gasteiger partial charge in [-0.05, 0) is 44.7 Å². The predicted molar refractivity (Wildman–Crippen MR) is 124 cm³/mol. The highest BCUT2D eigenvalue weighted by atomic mass is 127. The molecule has 2 aliphatic rings. The minimum Gasteiger partial charge on any atom is -0.383 e. The van der Waals surface area contributed by atoms with Crippen LogP contribution in [-0.2, 0) is 9.53 Å². The van der Waals surface area contributed by atoms with Gasteiger partial charge in [0.05, 0.1) is 13.2 Å². The Morgan fingerprint density at radius 2 is 1.75 bits per heavy atom. The van der Waals surface area contributed by atoms with Gasteiger partial charge in [0.25, 0.3) is 0 Å². The molecule has 2 saturated heterocycles. The first-order valence-corrected chi connectivity index (χ1v) is 10.3. The second-order valence-electron chi connectivity index (χ2n) is 7.60. The molecular formula is C19H39IN6O2. The van der Waals surface area contributed by atoms with E-state index in [2.05, 4.69) is 30.7 Å². The van der Waals surface area contributed by atoms with Crippen molar-refractivity contribution in [2.45, 2.75) is 31.7 Å². The third-order valence-electron chi connectivity index (χ3n) is 5.68. The number of rotatable bonds is 8. The summed E-state index contributed by atoms with van der Waals surface area (Å²) in [5, 5.41) is 9.76. The van der Waals surface area contributed by atoms with Gasteiger partial charge in [-0.25, -0.2) is 0 Å².